The summed E-state index contributed by atoms with van der Waals surface area (Å²) >= 11 is 0. The van der Waals surface area contributed by atoms with Crippen LogP contribution in [0.25, 0.3) is 0 Å². The van der Waals surface area contributed by atoms with Crippen molar-refractivity contribution in [3.05, 3.63) is 47.0 Å². The van der Waals surface area contributed by atoms with Crippen molar-refractivity contribution < 1.29 is 32.5 Å². The SMILES string of the molecule is CCCc1c(OCCCN(N)c2ccc(C(=O)OC)cc2N)ccc(C(=NC)C(F)(F)F)c1O. The van der Waals surface area contributed by atoms with Gasteiger partial charge in [-0.15, -0.1) is 0 Å². The number of nitrogens with zero attached hydrogens (tertiary/aromatic N) is 2. The maximum absolute atomic E-state index is 13.3. The van der Waals surface area contributed by atoms with Crippen LogP contribution in [0.15, 0.2) is 35.3 Å². The normalized spacial score (nSPS) is 11.9. The van der Waals surface area contributed by atoms with Crippen LogP contribution in [0.5, 0.6) is 11.5 Å². The number of phenols is 1. The van der Waals surface area contributed by atoms with Crippen molar-refractivity contribution in [3.8, 4) is 11.5 Å². The predicted octanol–water partition coefficient (Wildman–Crippen LogP) is 3.84. The number of ether oxygens (including phenoxy) is 2. The number of rotatable bonds is 10. The van der Waals surface area contributed by atoms with Crippen LogP contribution in [0.4, 0.5) is 24.5 Å². The van der Waals surface area contributed by atoms with E-state index in [1.807, 2.05) is 6.92 Å². The van der Waals surface area contributed by atoms with Crippen molar-refractivity contribution in [2.45, 2.75) is 32.4 Å². The first kappa shape index (κ1) is 26.8. The molecule has 0 unspecified atom stereocenters. The Labute approximate surface area is 195 Å². The van der Waals surface area contributed by atoms with Crippen LogP contribution in [0, 0.1) is 0 Å². The average Bonchev–Trinajstić information content (AvgIpc) is 2.78. The smallest absolute Gasteiger partial charge is 0.433 e. The van der Waals surface area contributed by atoms with E-state index in [0.717, 1.165) is 13.1 Å². The van der Waals surface area contributed by atoms with Gasteiger partial charge in [0.25, 0.3) is 0 Å². The molecule has 0 atom stereocenters. The van der Waals surface area contributed by atoms with E-state index >= 15 is 0 Å². The minimum atomic E-state index is -4.69. The molecule has 2 aromatic rings. The van der Waals surface area contributed by atoms with Crippen molar-refractivity contribution in [2.75, 3.05) is 38.1 Å². The molecule has 0 saturated heterocycles. The molecule has 5 N–H and O–H groups in total. The molecule has 0 aliphatic carbocycles. The van der Waals surface area contributed by atoms with E-state index < -0.39 is 23.6 Å². The number of nitrogen functional groups attached to an aromatic ring is 1. The highest BCUT2D eigenvalue weighted by atomic mass is 19.4. The fraction of sp³-hybridized carbons (Fsp3) is 0.391. The Hall–Kier alpha value is -3.47. The van der Waals surface area contributed by atoms with Crippen molar-refractivity contribution in [2.24, 2.45) is 10.8 Å². The van der Waals surface area contributed by atoms with E-state index in [4.69, 9.17) is 16.3 Å². The van der Waals surface area contributed by atoms with E-state index in [1.54, 1.807) is 12.1 Å². The predicted molar refractivity (Wildman–Crippen MR) is 124 cm³/mol. The molecule has 0 heterocycles. The highest BCUT2D eigenvalue weighted by molar-refractivity contribution is 6.07. The summed E-state index contributed by atoms with van der Waals surface area (Å²) in [6, 6.07) is 7.17. The number of hydrogen-bond acceptors (Lipinski definition) is 8. The van der Waals surface area contributed by atoms with Gasteiger partial charge in [0.15, 0.2) is 0 Å². The lowest BCUT2D eigenvalue weighted by Crippen LogP contribution is -2.33. The number of aromatic hydroxyl groups is 1. The molecule has 0 aliphatic heterocycles. The van der Waals surface area contributed by atoms with Gasteiger partial charge < -0.3 is 25.3 Å². The number of esters is 1. The Balaban J connectivity index is 2.08. The fourth-order valence-corrected chi connectivity index (χ4v) is 3.43. The Kier molecular flexibility index (Phi) is 9.13. The summed E-state index contributed by atoms with van der Waals surface area (Å²) < 4.78 is 50.2. The number of carbonyl (C=O) groups is 1. The number of alkyl halides is 3. The van der Waals surface area contributed by atoms with Gasteiger partial charge in [-0.05, 0) is 36.8 Å². The van der Waals surface area contributed by atoms with E-state index in [9.17, 15) is 23.1 Å². The third-order valence-electron chi connectivity index (χ3n) is 5.05. The molecule has 186 valence electrons. The number of aliphatic imine (C=N–C) groups is 1. The maximum Gasteiger partial charge on any atom is 0.433 e. The quantitative estimate of drug-likeness (QED) is 0.117. The third-order valence-corrected chi connectivity index (χ3v) is 5.05. The topological polar surface area (TPSA) is 123 Å². The molecule has 0 aromatic heterocycles. The zero-order valence-corrected chi connectivity index (χ0v) is 19.3. The summed E-state index contributed by atoms with van der Waals surface area (Å²) in [7, 11) is 2.30. The number of benzene rings is 2. The first-order valence-corrected chi connectivity index (χ1v) is 10.6. The number of carbonyl (C=O) groups excluding carboxylic acids is 1. The van der Waals surface area contributed by atoms with Crippen LogP contribution in [0.3, 0.4) is 0 Å². The van der Waals surface area contributed by atoms with Gasteiger partial charge in [-0.25, -0.2) is 10.6 Å². The number of hydrogen-bond donors (Lipinski definition) is 3. The van der Waals surface area contributed by atoms with Gasteiger partial charge in [0.2, 0.25) is 0 Å². The number of hydrazine groups is 1. The standard InChI is InChI=1S/C23H29F3N4O4/c1-4-6-15-19(10-8-16(20(15)31)21(29-2)23(24,25)26)34-12-5-11-30(28)18-9-7-14(13-17(18)27)22(32)33-3/h7-10,13,31H,4-6,11-12,27-28H2,1-3H3. The molecule has 0 saturated carbocycles. The number of nitrogens with two attached hydrogens (primary N) is 2. The molecule has 0 radical (unpaired) electrons. The molecule has 0 bridgehead atoms. The molecule has 8 nitrogen and oxygen atoms in total. The van der Waals surface area contributed by atoms with Crippen molar-refractivity contribution >= 4 is 23.1 Å². The van der Waals surface area contributed by atoms with Crippen LogP contribution >= 0.6 is 0 Å². The summed E-state index contributed by atoms with van der Waals surface area (Å²) in [5.74, 6) is 5.36. The monoisotopic (exact) mass is 482 g/mol. The van der Waals surface area contributed by atoms with Crippen LogP contribution in [-0.2, 0) is 11.2 Å². The second-order valence-electron chi connectivity index (χ2n) is 7.42. The largest absolute Gasteiger partial charge is 0.507 e. The lowest BCUT2D eigenvalue weighted by molar-refractivity contribution is -0.0582. The maximum atomic E-state index is 13.3. The van der Waals surface area contributed by atoms with Crippen molar-refractivity contribution in [1.82, 2.24) is 0 Å². The van der Waals surface area contributed by atoms with Crippen LogP contribution in [0.1, 0.15) is 41.3 Å². The van der Waals surface area contributed by atoms with Gasteiger partial charge >= 0.3 is 12.1 Å². The van der Waals surface area contributed by atoms with Crippen LogP contribution in [0.2, 0.25) is 0 Å². The van der Waals surface area contributed by atoms with Gasteiger partial charge in [0.1, 0.15) is 17.2 Å². The minimum Gasteiger partial charge on any atom is -0.507 e. The zero-order valence-electron chi connectivity index (χ0n) is 19.3. The number of methoxy groups -OCH3 is 1. The first-order chi connectivity index (χ1) is 16.0. The molecule has 0 amide bonds. The Morgan fingerprint density at radius 1 is 1.24 bits per heavy atom. The van der Waals surface area contributed by atoms with E-state index in [1.165, 1.54) is 24.3 Å². The molecule has 34 heavy (non-hydrogen) atoms. The van der Waals surface area contributed by atoms with Crippen molar-refractivity contribution in [3.63, 3.8) is 0 Å². The van der Waals surface area contributed by atoms with Gasteiger partial charge in [-0.3, -0.25) is 4.99 Å². The highest BCUT2D eigenvalue weighted by Gasteiger charge is 2.38. The summed E-state index contributed by atoms with van der Waals surface area (Å²) in [5, 5.41) is 11.9. The van der Waals surface area contributed by atoms with E-state index in [0.29, 0.717) is 48.5 Å². The van der Waals surface area contributed by atoms with Crippen molar-refractivity contribution in [1.29, 1.82) is 0 Å². The van der Waals surface area contributed by atoms with E-state index in [2.05, 4.69) is 9.73 Å². The average molecular weight is 483 g/mol. The van der Waals surface area contributed by atoms with Gasteiger partial charge in [-0.1, -0.05) is 13.3 Å². The molecule has 2 aromatic carbocycles. The zero-order chi connectivity index (χ0) is 25.5. The molecule has 0 fully saturated rings. The molecule has 0 spiro atoms. The highest BCUT2D eigenvalue weighted by Crippen LogP contribution is 2.36. The first-order valence-electron chi connectivity index (χ1n) is 10.6. The second-order valence-corrected chi connectivity index (χ2v) is 7.42. The molecule has 11 heteroatoms. The lowest BCUT2D eigenvalue weighted by Gasteiger charge is -2.21. The minimum absolute atomic E-state index is 0.192. The Morgan fingerprint density at radius 3 is 2.50 bits per heavy atom. The summed E-state index contributed by atoms with van der Waals surface area (Å²) in [6.45, 7) is 2.38. The van der Waals surface area contributed by atoms with Crippen LogP contribution < -0.4 is 21.3 Å². The number of anilines is 2. The number of halogens is 3. The van der Waals surface area contributed by atoms with Crippen LogP contribution in [-0.4, -0.2) is 50.3 Å². The number of phenolic OH excluding ortho intramolecular Hbond substituents is 1. The summed E-state index contributed by atoms with van der Waals surface area (Å²) in [6.07, 6.45) is -3.32. The lowest BCUT2D eigenvalue weighted by atomic mass is 10.00. The van der Waals surface area contributed by atoms with Gasteiger partial charge in [0.05, 0.1) is 30.7 Å². The van der Waals surface area contributed by atoms with E-state index in [-0.39, 0.29) is 17.7 Å². The summed E-state index contributed by atoms with van der Waals surface area (Å²) in [4.78, 5) is 14.9. The van der Waals surface area contributed by atoms with Gasteiger partial charge in [0, 0.05) is 31.1 Å². The second kappa shape index (κ2) is 11.6. The Morgan fingerprint density at radius 2 is 1.94 bits per heavy atom. The molecular weight excluding hydrogens is 453 g/mol. The molecule has 2 rings (SSSR count). The summed E-state index contributed by atoms with van der Waals surface area (Å²) in [5.41, 5.74) is 5.85. The van der Waals surface area contributed by atoms with Gasteiger partial charge in [-0.2, -0.15) is 13.2 Å². The Bertz CT molecular complexity index is 1040. The molecule has 0 aliphatic rings. The molecular formula is C23H29F3N4O4. The third kappa shape index (κ3) is 6.31. The fourth-order valence-electron chi connectivity index (χ4n) is 3.43.